The maximum absolute atomic E-state index is 13.1. The summed E-state index contributed by atoms with van der Waals surface area (Å²) in [7, 11) is 1.51. The number of rotatable bonds is 8. The molecule has 1 fully saturated rings. The number of ketones is 1. The lowest BCUT2D eigenvalue weighted by atomic mass is 9.94. The molecule has 3 rings (SSSR count). The molecule has 0 saturated carbocycles. The standard InChI is InChI=1S/C24H25Cl2NO5/c1-14(2)32-12-6-11-27-21(16-7-4-5-8-19(16)31-3)20(23(29)24(27)30)22(28)15-9-10-17(25)18(26)13-15/h4-5,7-10,13-14,21,28H,6,11-12H2,1-3H3/b22-20+. The lowest BCUT2D eigenvalue weighted by molar-refractivity contribution is -0.140. The van der Waals surface area contributed by atoms with Crippen LogP contribution in [0.5, 0.6) is 5.75 Å². The number of carbonyl (C=O) groups excluding carboxylic acids is 2. The maximum Gasteiger partial charge on any atom is 0.295 e. The summed E-state index contributed by atoms with van der Waals surface area (Å²) in [5.41, 5.74) is 0.865. The number of aliphatic hydroxyl groups is 1. The number of nitrogens with zero attached hydrogens (tertiary/aromatic N) is 1. The summed E-state index contributed by atoms with van der Waals surface area (Å²) in [6, 6.07) is 10.8. The third-order valence-electron chi connectivity index (χ3n) is 5.16. The lowest BCUT2D eigenvalue weighted by Crippen LogP contribution is -2.31. The van der Waals surface area contributed by atoms with Crippen LogP contribution in [0.3, 0.4) is 0 Å². The molecule has 0 aliphatic carbocycles. The minimum Gasteiger partial charge on any atom is -0.507 e. The fraction of sp³-hybridized carbons (Fsp3) is 0.333. The van der Waals surface area contributed by atoms with Gasteiger partial charge in [0, 0.05) is 24.3 Å². The van der Waals surface area contributed by atoms with Gasteiger partial charge in [0.15, 0.2) is 0 Å². The van der Waals surface area contributed by atoms with Crippen LogP contribution in [0.4, 0.5) is 0 Å². The summed E-state index contributed by atoms with van der Waals surface area (Å²) in [5.74, 6) is -1.28. The summed E-state index contributed by atoms with van der Waals surface area (Å²) >= 11 is 12.1. The zero-order chi connectivity index (χ0) is 23.4. The number of ether oxygens (including phenoxy) is 2. The van der Waals surface area contributed by atoms with Crippen molar-refractivity contribution >= 4 is 40.7 Å². The van der Waals surface area contributed by atoms with Crippen molar-refractivity contribution in [2.24, 2.45) is 0 Å². The monoisotopic (exact) mass is 477 g/mol. The second-order valence-electron chi connectivity index (χ2n) is 7.64. The Labute approximate surface area is 197 Å². The summed E-state index contributed by atoms with van der Waals surface area (Å²) in [4.78, 5) is 27.5. The zero-order valence-corrected chi connectivity index (χ0v) is 19.6. The Bertz CT molecular complexity index is 1050. The van der Waals surface area contributed by atoms with Gasteiger partial charge in [-0.3, -0.25) is 9.59 Å². The van der Waals surface area contributed by atoms with Crippen molar-refractivity contribution in [3.8, 4) is 5.75 Å². The molecule has 32 heavy (non-hydrogen) atoms. The molecular weight excluding hydrogens is 453 g/mol. The Balaban J connectivity index is 2.10. The van der Waals surface area contributed by atoms with E-state index < -0.39 is 17.7 Å². The number of amides is 1. The molecule has 0 bridgehead atoms. The largest absolute Gasteiger partial charge is 0.507 e. The molecule has 0 radical (unpaired) electrons. The van der Waals surface area contributed by atoms with Crippen molar-refractivity contribution < 1.29 is 24.2 Å². The SMILES string of the molecule is COc1ccccc1C1/C(=C(\O)c2ccc(Cl)c(Cl)c2)C(=O)C(=O)N1CCCOC(C)C. The minimum atomic E-state index is -0.820. The van der Waals surface area contributed by atoms with Crippen molar-refractivity contribution in [3.05, 3.63) is 69.2 Å². The van der Waals surface area contributed by atoms with Crippen LogP contribution < -0.4 is 4.74 Å². The molecule has 0 aromatic heterocycles. The average Bonchev–Trinajstić information content (AvgIpc) is 3.02. The molecule has 1 unspecified atom stereocenters. The zero-order valence-electron chi connectivity index (χ0n) is 18.1. The number of Topliss-reactive ketones (excluding diaryl/α,β-unsaturated/α-hetero) is 1. The van der Waals surface area contributed by atoms with E-state index in [-0.39, 0.29) is 29.0 Å². The van der Waals surface area contributed by atoms with Gasteiger partial charge >= 0.3 is 0 Å². The summed E-state index contributed by atoms with van der Waals surface area (Å²) < 4.78 is 11.1. The van der Waals surface area contributed by atoms with Gasteiger partial charge < -0.3 is 19.5 Å². The molecule has 2 aromatic rings. The number of para-hydroxylation sites is 1. The number of carbonyl (C=O) groups is 2. The predicted octanol–water partition coefficient (Wildman–Crippen LogP) is 5.24. The quantitative estimate of drug-likeness (QED) is 0.243. The number of benzene rings is 2. The van der Waals surface area contributed by atoms with Gasteiger partial charge in [-0.2, -0.15) is 0 Å². The van der Waals surface area contributed by atoms with E-state index in [2.05, 4.69) is 0 Å². The molecule has 1 saturated heterocycles. The van der Waals surface area contributed by atoms with Crippen LogP contribution in [0.25, 0.3) is 5.76 Å². The molecule has 0 spiro atoms. The Morgan fingerprint density at radius 1 is 1.12 bits per heavy atom. The highest BCUT2D eigenvalue weighted by atomic mass is 35.5. The first kappa shape index (κ1) is 24.1. The van der Waals surface area contributed by atoms with Crippen molar-refractivity contribution in [2.45, 2.75) is 32.4 Å². The van der Waals surface area contributed by atoms with Crippen LogP contribution in [-0.4, -0.2) is 48.1 Å². The van der Waals surface area contributed by atoms with Gasteiger partial charge in [-0.05, 0) is 44.5 Å². The summed E-state index contributed by atoms with van der Waals surface area (Å²) in [6.45, 7) is 4.57. The van der Waals surface area contributed by atoms with Crippen LogP contribution in [0, 0.1) is 0 Å². The molecule has 1 heterocycles. The van der Waals surface area contributed by atoms with E-state index in [0.717, 1.165) is 0 Å². The topological polar surface area (TPSA) is 76.1 Å². The van der Waals surface area contributed by atoms with E-state index in [9.17, 15) is 14.7 Å². The smallest absolute Gasteiger partial charge is 0.295 e. The van der Waals surface area contributed by atoms with Crippen molar-refractivity contribution in [2.75, 3.05) is 20.3 Å². The van der Waals surface area contributed by atoms with Gasteiger partial charge in [-0.1, -0.05) is 41.4 Å². The molecule has 2 aromatic carbocycles. The lowest BCUT2D eigenvalue weighted by Gasteiger charge is -2.26. The van der Waals surface area contributed by atoms with Crippen LogP contribution in [0.1, 0.15) is 37.4 Å². The van der Waals surface area contributed by atoms with Gasteiger partial charge in [-0.25, -0.2) is 0 Å². The van der Waals surface area contributed by atoms with E-state index in [1.54, 1.807) is 30.3 Å². The number of likely N-dealkylation sites (tertiary alicyclic amines) is 1. The molecule has 1 aliphatic heterocycles. The average molecular weight is 478 g/mol. The third-order valence-corrected chi connectivity index (χ3v) is 5.90. The van der Waals surface area contributed by atoms with Gasteiger partial charge in [0.05, 0.1) is 34.9 Å². The van der Waals surface area contributed by atoms with Gasteiger partial charge in [-0.15, -0.1) is 0 Å². The summed E-state index contributed by atoms with van der Waals surface area (Å²) in [5, 5.41) is 11.6. The first-order valence-electron chi connectivity index (χ1n) is 10.2. The van der Waals surface area contributed by atoms with Crippen molar-refractivity contribution in [1.82, 2.24) is 4.90 Å². The van der Waals surface area contributed by atoms with Crippen molar-refractivity contribution in [1.29, 1.82) is 0 Å². The first-order valence-corrected chi connectivity index (χ1v) is 11.0. The highest BCUT2D eigenvalue weighted by Crippen LogP contribution is 2.43. The van der Waals surface area contributed by atoms with Crippen molar-refractivity contribution in [3.63, 3.8) is 0 Å². The molecule has 170 valence electrons. The van der Waals surface area contributed by atoms with E-state index in [4.69, 9.17) is 32.7 Å². The fourth-order valence-corrected chi connectivity index (χ4v) is 3.98. The Kier molecular flexibility index (Phi) is 7.82. The van der Waals surface area contributed by atoms with Gasteiger partial charge in [0.1, 0.15) is 11.5 Å². The molecule has 6 nitrogen and oxygen atoms in total. The Morgan fingerprint density at radius 3 is 2.50 bits per heavy atom. The highest BCUT2D eigenvalue weighted by molar-refractivity contribution is 6.47. The van der Waals surface area contributed by atoms with E-state index in [0.29, 0.717) is 34.9 Å². The number of halogens is 2. The van der Waals surface area contributed by atoms with Gasteiger partial charge in [0.2, 0.25) is 0 Å². The van der Waals surface area contributed by atoms with Crippen LogP contribution in [0.2, 0.25) is 10.0 Å². The number of aliphatic hydroxyl groups excluding tert-OH is 1. The van der Waals surface area contributed by atoms with Gasteiger partial charge in [0.25, 0.3) is 11.7 Å². The molecule has 1 N–H and O–H groups in total. The fourth-order valence-electron chi connectivity index (χ4n) is 3.68. The van der Waals surface area contributed by atoms with E-state index in [1.165, 1.54) is 24.1 Å². The molecule has 1 aliphatic rings. The van der Waals surface area contributed by atoms with Crippen LogP contribution in [0.15, 0.2) is 48.0 Å². The molecule has 1 atom stereocenters. The van der Waals surface area contributed by atoms with E-state index in [1.807, 2.05) is 13.8 Å². The first-order chi connectivity index (χ1) is 15.3. The highest BCUT2D eigenvalue weighted by Gasteiger charge is 2.46. The Hall–Kier alpha value is -2.54. The normalized spacial score (nSPS) is 17.9. The summed E-state index contributed by atoms with van der Waals surface area (Å²) in [6.07, 6.45) is 0.592. The second-order valence-corrected chi connectivity index (χ2v) is 8.45. The predicted molar refractivity (Wildman–Crippen MR) is 124 cm³/mol. The maximum atomic E-state index is 13.1. The number of methoxy groups -OCH3 is 1. The molecular formula is C24H25Cl2NO5. The Morgan fingerprint density at radius 2 is 1.84 bits per heavy atom. The number of hydrogen-bond donors (Lipinski definition) is 1. The van der Waals surface area contributed by atoms with E-state index >= 15 is 0 Å². The number of hydrogen-bond acceptors (Lipinski definition) is 5. The van der Waals surface area contributed by atoms with Crippen LogP contribution >= 0.6 is 23.2 Å². The molecule has 8 heteroatoms. The minimum absolute atomic E-state index is 0.0253. The van der Waals surface area contributed by atoms with Crippen LogP contribution in [-0.2, 0) is 14.3 Å². The molecule has 1 amide bonds. The third kappa shape index (κ3) is 4.93. The second kappa shape index (κ2) is 10.4.